The van der Waals surface area contributed by atoms with Crippen LogP contribution < -0.4 is 5.73 Å². The summed E-state index contributed by atoms with van der Waals surface area (Å²) < 4.78 is 5.19. The van der Waals surface area contributed by atoms with E-state index in [2.05, 4.69) is 0 Å². The van der Waals surface area contributed by atoms with Crippen LogP contribution in [0.25, 0.3) is 0 Å². The first-order valence-corrected chi connectivity index (χ1v) is 5.78. The van der Waals surface area contributed by atoms with Crippen LogP contribution in [0.1, 0.15) is 11.1 Å². The van der Waals surface area contributed by atoms with Crippen molar-refractivity contribution in [2.45, 2.75) is 13.0 Å². The fourth-order valence-electron chi connectivity index (χ4n) is 1.59. The highest BCUT2D eigenvalue weighted by Crippen LogP contribution is 2.08. The number of carbonyl (C=O) groups excluding carboxylic acids is 1. The molecule has 0 amide bonds. The number of carbonyl (C=O) groups is 1. The van der Waals surface area contributed by atoms with Crippen LogP contribution in [-0.4, -0.2) is 5.97 Å². The van der Waals surface area contributed by atoms with Gasteiger partial charge in [-0.15, -0.1) is 12.4 Å². The molecule has 0 aromatic heterocycles. The monoisotopic (exact) mass is 277 g/mol. The lowest BCUT2D eigenvalue weighted by Crippen LogP contribution is -2.07. The lowest BCUT2D eigenvalue weighted by Gasteiger charge is -2.05. The largest absolute Gasteiger partial charge is 0.461 e. The molecule has 0 spiro atoms. The summed E-state index contributed by atoms with van der Waals surface area (Å²) in [6.45, 7) is 0.314. The van der Waals surface area contributed by atoms with Gasteiger partial charge in [0.15, 0.2) is 0 Å². The Balaban J connectivity index is 0.00000180. The van der Waals surface area contributed by atoms with Crippen molar-refractivity contribution >= 4 is 24.1 Å². The molecule has 0 unspecified atom stereocenters. The van der Waals surface area contributed by atoms with E-state index in [9.17, 15) is 4.79 Å². The van der Waals surface area contributed by atoms with Crippen molar-refractivity contribution in [2.75, 3.05) is 5.73 Å². The summed E-state index contributed by atoms with van der Waals surface area (Å²) in [4.78, 5) is 11.6. The van der Waals surface area contributed by atoms with Gasteiger partial charge in [-0.05, 0) is 23.3 Å². The molecule has 0 heterocycles. The average Bonchev–Trinajstić information content (AvgIpc) is 2.40. The van der Waals surface area contributed by atoms with Gasteiger partial charge in [0.05, 0.1) is 6.42 Å². The van der Waals surface area contributed by atoms with Crippen LogP contribution in [0.5, 0.6) is 0 Å². The Kier molecular flexibility index (Phi) is 5.90. The zero-order chi connectivity index (χ0) is 12.8. The molecule has 0 fully saturated rings. The maximum atomic E-state index is 11.6. The van der Waals surface area contributed by atoms with Gasteiger partial charge in [0.1, 0.15) is 6.61 Å². The zero-order valence-corrected chi connectivity index (χ0v) is 11.2. The van der Waals surface area contributed by atoms with Crippen molar-refractivity contribution in [3.63, 3.8) is 0 Å². The molecule has 0 saturated carbocycles. The maximum Gasteiger partial charge on any atom is 0.310 e. The maximum absolute atomic E-state index is 11.6. The molecule has 2 aromatic carbocycles. The summed E-state index contributed by atoms with van der Waals surface area (Å²) in [6, 6.07) is 16.8. The average molecular weight is 278 g/mol. The molecule has 19 heavy (non-hydrogen) atoms. The van der Waals surface area contributed by atoms with E-state index in [1.165, 1.54) is 0 Å². The van der Waals surface area contributed by atoms with E-state index in [1.54, 1.807) is 12.1 Å². The summed E-state index contributed by atoms with van der Waals surface area (Å²) >= 11 is 0. The highest BCUT2D eigenvalue weighted by atomic mass is 35.5. The lowest BCUT2D eigenvalue weighted by molar-refractivity contribution is -0.144. The number of anilines is 1. The van der Waals surface area contributed by atoms with Crippen molar-refractivity contribution in [2.24, 2.45) is 0 Å². The molecule has 0 saturated heterocycles. The van der Waals surface area contributed by atoms with Gasteiger partial charge in [-0.1, -0.05) is 42.5 Å². The third-order valence-corrected chi connectivity index (χ3v) is 2.57. The van der Waals surface area contributed by atoms with Gasteiger partial charge in [0.2, 0.25) is 0 Å². The van der Waals surface area contributed by atoms with E-state index < -0.39 is 0 Å². The van der Waals surface area contributed by atoms with Crippen LogP contribution in [0.15, 0.2) is 54.6 Å². The first-order valence-electron chi connectivity index (χ1n) is 5.78. The summed E-state index contributed by atoms with van der Waals surface area (Å²) in [5, 5.41) is 0. The second kappa shape index (κ2) is 7.44. The second-order valence-corrected chi connectivity index (χ2v) is 4.06. The molecule has 2 N–H and O–H groups in total. The first kappa shape index (κ1) is 15.1. The number of nitrogens with two attached hydrogens (primary N) is 1. The fourth-order valence-corrected chi connectivity index (χ4v) is 1.59. The van der Waals surface area contributed by atoms with Gasteiger partial charge in [-0.3, -0.25) is 4.79 Å². The SMILES string of the molecule is Cl.Nc1ccc(CC(=O)OCc2ccccc2)cc1. The van der Waals surface area contributed by atoms with Crippen LogP contribution in [0.2, 0.25) is 0 Å². The van der Waals surface area contributed by atoms with Gasteiger partial charge in [-0.2, -0.15) is 0 Å². The topological polar surface area (TPSA) is 52.3 Å². The Morgan fingerprint density at radius 1 is 0.947 bits per heavy atom. The van der Waals surface area contributed by atoms with Crippen molar-refractivity contribution in [1.82, 2.24) is 0 Å². The highest BCUT2D eigenvalue weighted by molar-refractivity contribution is 5.85. The molecule has 0 aliphatic carbocycles. The number of nitrogen functional groups attached to an aromatic ring is 1. The molecule has 0 aliphatic heterocycles. The van der Waals surface area contributed by atoms with E-state index in [0.717, 1.165) is 11.1 Å². The normalized spacial score (nSPS) is 9.47. The van der Waals surface area contributed by atoms with E-state index in [4.69, 9.17) is 10.5 Å². The van der Waals surface area contributed by atoms with Crippen molar-refractivity contribution in [3.8, 4) is 0 Å². The standard InChI is InChI=1S/C15H15NO2.ClH/c16-14-8-6-12(7-9-14)10-15(17)18-11-13-4-2-1-3-5-13;/h1-9H,10-11,16H2;1H. The smallest absolute Gasteiger partial charge is 0.310 e. The van der Waals surface area contributed by atoms with Crippen LogP contribution in [0.3, 0.4) is 0 Å². The summed E-state index contributed by atoms with van der Waals surface area (Å²) in [5.74, 6) is -0.233. The zero-order valence-electron chi connectivity index (χ0n) is 10.4. The number of hydrogen-bond donors (Lipinski definition) is 1. The number of benzene rings is 2. The Morgan fingerprint density at radius 3 is 2.21 bits per heavy atom. The Hall–Kier alpha value is -2.00. The fraction of sp³-hybridized carbons (Fsp3) is 0.133. The molecular formula is C15H16ClNO2. The van der Waals surface area contributed by atoms with E-state index in [-0.39, 0.29) is 24.8 Å². The second-order valence-electron chi connectivity index (χ2n) is 4.06. The van der Waals surface area contributed by atoms with E-state index >= 15 is 0 Å². The predicted molar refractivity (Wildman–Crippen MR) is 78.0 cm³/mol. The Labute approximate surface area is 118 Å². The predicted octanol–water partition coefficient (Wildman–Crippen LogP) is 2.98. The lowest BCUT2D eigenvalue weighted by atomic mass is 10.1. The van der Waals surface area contributed by atoms with Crippen LogP contribution in [0, 0.1) is 0 Å². The van der Waals surface area contributed by atoms with Gasteiger partial charge in [0.25, 0.3) is 0 Å². The van der Waals surface area contributed by atoms with E-state index in [0.29, 0.717) is 12.3 Å². The van der Waals surface area contributed by atoms with Crippen LogP contribution in [-0.2, 0) is 22.6 Å². The molecule has 2 aromatic rings. The quantitative estimate of drug-likeness (QED) is 0.690. The minimum absolute atomic E-state index is 0. The Bertz CT molecular complexity index is 511. The van der Waals surface area contributed by atoms with Gasteiger partial charge in [0, 0.05) is 5.69 Å². The molecule has 100 valence electrons. The van der Waals surface area contributed by atoms with Gasteiger partial charge >= 0.3 is 5.97 Å². The minimum atomic E-state index is -0.233. The molecule has 0 bridgehead atoms. The Morgan fingerprint density at radius 2 is 1.58 bits per heavy atom. The molecule has 2 rings (SSSR count). The number of hydrogen-bond acceptors (Lipinski definition) is 3. The minimum Gasteiger partial charge on any atom is -0.461 e. The van der Waals surface area contributed by atoms with Crippen LogP contribution >= 0.6 is 12.4 Å². The van der Waals surface area contributed by atoms with Crippen molar-refractivity contribution < 1.29 is 9.53 Å². The molecule has 4 heteroatoms. The van der Waals surface area contributed by atoms with E-state index in [1.807, 2.05) is 42.5 Å². The third-order valence-electron chi connectivity index (χ3n) is 2.57. The summed E-state index contributed by atoms with van der Waals surface area (Å²) in [7, 11) is 0. The van der Waals surface area contributed by atoms with Gasteiger partial charge in [-0.25, -0.2) is 0 Å². The van der Waals surface area contributed by atoms with Crippen molar-refractivity contribution in [1.29, 1.82) is 0 Å². The molecular weight excluding hydrogens is 262 g/mol. The molecule has 0 atom stereocenters. The van der Waals surface area contributed by atoms with Crippen molar-refractivity contribution in [3.05, 3.63) is 65.7 Å². The van der Waals surface area contributed by atoms with Crippen LogP contribution in [0.4, 0.5) is 5.69 Å². The highest BCUT2D eigenvalue weighted by Gasteiger charge is 2.04. The number of rotatable bonds is 4. The number of esters is 1. The molecule has 0 radical (unpaired) electrons. The molecule has 3 nitrogen and oxygen atoms in total. The summed E-state index contributed by atoms with van der Waals surface area (Å²) in [6.07, 6.45) is 0.271. The molecule has 0 aliphatic rings. The first-order chi connectivity index (χ1) is 8.74. The third kappa shape index (κ3) is 5.02. The van der Waals surface area contributed by atoms with Gasteiger partial charge < -0.3 is 10.5 Å². The number of ether oxygens (including phenoxy) is 1. The number of halogens is 1. The summed E-state index contributed by atoms with van der Waals surface area (Å²) in [5.41, 5.74) is 8.16.